The number of nitrogens with one attached hydrogen (secondary N) is 1. The zero-order chi connectivity index (χ0) is 28.1. The fourth-order valence-electron chi connectivity index (χ4n) is 5.70. The number of halogens is 1. The number of pyridine rings is 1. The molecule has 2 fully saturated rings. The van der Waals surface area contributed by atoms with Gasteiger partial charge in [0.25, 0.3) is 11.8 Å². The van der Waals surface area contributed by atoms with Gasteiger partial charge >= 0.3 is 0 Å². The number of benzene rings is 3. The lowest BCUT2D eigenvalue weighted by Crippen LogP contribution is -2.35. The summed E-state index contributed by atoms with van der Waals surface area (Å²) in [6, 6.07) is 23.5. The molecular formula is C34H28FN3O3. The Morgan fingerprint density at radius 1 is 1.00 bits per heavy atom. The Labute approximate surface area is 236 Å². The summed E-state index contributed by atoms with van der Waals surface area (Å²) in [5.74, 6) is -0.172. The summed E-state index contributed by atoms with van der Waals surface area (Å²) in [6.45, 7) is 0. The summed E-state index contributed by atoms with van der Waals surface area (Å²) in [6.07, 6.45) is 5.98. The number of carbonyl (C=O) groups excluding carboxylic acids is 2. The highest BCUT2D eigenvalue weighted by molar-refractivity contribution is 6.07. The number of amides is 2. The van der Waals surface area contributed by atoms with Crippen LogP contribution in [0.5, 0.6) is 0 Å². The van der Waals surface area contributed by atoms with Gasteiger partial charge in [-0.05, 0) is 102 Å². The molecule has 2 aliphatic rings. The van der Waals surface area contributed by atoms with Gasteiger partial charge in [0.2, 0.25) is 0 Å². The lowest BCUT2D eigenvalue weighted by atomic mass is 9.93. The molecule has 0 radical (unpaired) electrons. The molecule has 3 aromatic carbocycles. The fraction of sp³-hybridized carbons (Fsp3) is 0.206. The second-order valence-corrected chi connectivity index (χ2v) is 11.1. The Morgan fingerprint density at radius 3 is 2.49 bits per heavy atom. The number of primary amides is 1. The van der Waals surface area contributed by atoms with Gasteiger partial charge in [-0.3, -0.25) is 14.6 Å². The first-order chi connectivity index (χ1) is 19.9. The van der Waals surface area contributed by atoms with Crippen molar-refractivity contribution in [3.05, 3.63) is 125 Å². The van der Waals surface area contributed by atoms with Crippen LogP contribution in [0, 0.1) is 5.82 Å². The summed E-state index contributed by atoms with van der Waals surface area (Å²) >= 11 is 0. The van der Waals surface area contributed by atoms with Gasteiger partial charge in [-0.15, -0.1) is 0 Å². The number of aromatic nitrogens is 1. The van der Waals surface area contributed by atoms with Crippen molar-refractivity contribution >= 4 is 22.8 Å². The molecule has 204 valence electrons. The van der Waals surface area contributed by atoms with E-state index in [1.54, 1.807) is 18.3 Å². The Hall–Kier alpha value is -4.78. The zero-order valence-electron chi connectivity index (χ0n) is 22.3. The highest BCUT2D eigenvalue weighted by atomic mass is 19.1. The van der Waals surface area contributed by atoms with Crippen LogP contribution in [0.15, 0.2) is 89.5 Å². The Kier molecular flexibility index (Phi) is 5.96. The van der Waals surface area contributed by atoms with Crippen LogP contribution in [-0.2, 0) is 12.0 Å². The number of nitrogens with two attached hydrogens (primary N) is 1. The van der Waals surface area contributed by atoms with Crippen molar-refractivity contribution in [1.82, 2.24) is 10.3 Å². The van der Waals surface area contributed by atoms with Crippen molar-refractivity contribution in [3.63, 3.8) is 0 Å². The van der Waals surface area contributed by atoms with E-state index in [1.807, 2.05) is 48.5 Å². The van der Waals surface area contributed by atoms with Crippen LogP contribution < -0.4 is 11.1 Å². The van der Waals surface area contributed by atoms with E-state index in [0.717, 1.165) is 48.1 Å². The topological polar surface area (TPSA) is 98.2 Å². The molecule has 0 spiro atoms. The molecule has 6 nitrogen and oxygen atoms in total. The highest BCUT2D eigenvalue weighted by Crippen LogP contribution is 2.47. The van der Waals surface area contributed by atoms with Gasteiger partial charge < -0.3 is 15.5 Å². The summed E-state index contributed by atoms with van der Waals surface area (Å²) in [7, 11) is 0. The second kappa shape index (κ2) is 9.70. The molecule has 0 saturated heterocycles. The normalized spacial score (nSPS) is 15.5. The third-order valence-corrected chi connectivity index (χ3v) is 8.19. The quantitative estimate of drug-likeness (QED) is 0.229. The van der Waals surface area contributed by atoms with Crippen LogP contribution in [0.2, 0.25) is 0 Å². The number of fused-ring (bicyclic) bond motifs is 1. The maximum absolute atomic E-state index is 13.5. The minimum atomic E-state index is -0.585. The monoisotopic (exact) mass is 545 g/mol. The number of rotatable bonds is 8. The number of nitrogens with zero attached hydrogens (tertiary/aromatic N) is 1. The summed E-state index contributed by atoms with van der Waals surface area (Å²) in [4.78, 5) is 30.6. The van der Waals surface area contributed by atoms with E-state index < -0.39 is 11.4 Å². The molecule has 5 aromatic rings. The summed E-state index contributed by atoms with van der Waals surface area (Å²) < 4.78 is 19.5. The van der Waals surface area contributed by atoms with E-state index >= 15 is 0 Å². The van der Waals surface area contributed by atoms with Crippen LogP contribution in [0.1, 0.15) is 74.9 Å². The average molecular weight is 546 g/mol. The molecule has 41 heavy (non-hydrogen) atoms. The molecule has 0 bridgehead atoms. The van der Waals surface area contributed by atoms with Gasteiger partial charge in [-0.2, -0.15) is 0 Å². The number of carbonyl (C=O) groups is 2. The van der Waals surface area contributed by atoms with Gasteiger partial charge in [0, 0.05) is 23.6 Å². The van der Waals surface area contributed by atoms with E-state index in [1.165, 1.54) is 17.7 Å². The Balaban J connectivity index is 1.26. The van der Waals surface area contributed by atoms with Crippen LogP contribution >= 0.6 is 0 Å². The minimum absolute atomic E-state index is 0.138. The maximum atomic E-state index is 13.5. The highest BCUT2D eigenvalue weighted by Gasteiger charge is 2.47. The molecule has 2 aromatic heterocycles. The van der Waals surface area contributed by atoms with Crippen molar-refractivity contribution in [3.8, 4) is 11.1 Å². The second-order valence-electron chi connectivity index (χ2n) is 11.1. The zero-order valence-corrected chi connectivity index (χ0v) is 22.3. The maximum Gasteiger partial charge on any atom is 0.252 e. The first-order valence-electron chi connectivity index (χ1n) is 13.9. The molecular weight excluding hydrogens is 517 g/mol. The predicted octanol–water partition coefficient (Wildman–Crippen LogP) is 6.62. The molecule has 0 aliphatic heterocycles. The molecule has 0 unspecified atom stereocenters. The Bertz CT molecular complexity index is 1800. The van der Waals surface area contributed by atoms with Gasteiger partial charge in [0.1, 0.15) is 17.2 Å². The smallest absolute Gasteiger partial charge is 0.252 e. The standard InChI is InChI=1S/C34H28FN3O3/c35-24-10-4-20(5-11-24)17-29-31(32(36)39)27-18-22(9-13-28(27)41-29)26-19-23(8-12-25(26)21-6-7-21)33(40)38-34(14-15-34)30-3-1-2-16-37-30/h1-5,8-13,16,18-19,21H,6-7,14-15,17H2,(H2,36,39)(H,38,40). The van der Waals surface area contributed by atoms with Gasteiger partial charge in [0.15, 0.2) is 0 Å². The van der Waals surface area contributed by atoms with E-state index in [9.17, 15) is 14.0 Å². The van der Waals surface area contributed by atoms with Crippen LogP contribution in [-0.4, -0.2) is 16.8 Å². The molecule has 2 heterocycles. The average Bonchev–Trinajstić information content (AvgIpc) is 3.92. The van der Waals surface area contributed by atoms with E-state index in [2.05, 4.69) is 16.4 Å². The minimum Gasteiger partial charge on any atom is -0.460 e. The molecule has 2 aliphatic carbocycles. The first kappa shape index (κ1) is 25.2. The van der Waals surface area contributed by atoms with Crippen molar-refractivity contribution < 1.29 is 18.4 Å². The SMILES string of the molecule is NC(=O)c1c(Cc2ccc(F)cc2)oc2ccc(-c3cc(C(=O)NC4(c5ccccn5)CC4)ccc3C3CC3)cc12. The Morgan fingerprint density at radius 2 is 1.80 bits per heavy atom. The molecule has 2 amide bonds. The summed E-state index contributed by atoms with van der Waals surface area (Å²) in [5.41, 5.74) is 11.6. The van der Waals surface area contributed by atoms with E-state index in [4.69, 9.17) is 10.2 Å². The largest absolute Gasteiger partial charge is 0.460 e. The first-order valence-corrected chi connectivity index (χ1v) is 13.9. The predicted molar refractivity (Wildman–Crippen MR) is 154 cm³/mol. The van der Waals surface area contributed by atoms with Crippen LogP contribution in [0.3, 0.4) is 0 Å². The number of hydrogen-bond donors (Lipinski definition) is 2. The van der Waals surface area contributed by atoms with E-state index in [0.29, 0.717) is 40.2 Å². The van der Waals surface area contributed by atoms with Crippen LogP contribution in [0.25, 0.3) is 22.1 Å². The molecule has 7 heteroatoms. The van der Waals surface area contributed by atoms with Crippen molar-refractivity contribution in [1.29, 1.82) is 0 Å². The van der Waals surface area contributed by atoms with Gasteiger partial charge in [-0.25, -0.2) is 4.39 Å². The summed E-state index contributed by atoms with van der Waals surface area (Å²) in [5, 5.41) is 3.85. The van der Waals surface area contributed by atoms with Crippen molar-refractivity contribution in [2.75, 3.05) is 0 Å². The lowest BCUT2D eigenvalue weighted by molar-refractivity contribution is 0.0928. The molecule has 3 N–H and O–H groups in total. The molecule has 0 atom stereocenters. The van der Waals surface area contributed by atoms with E-state index in [-0.39, 0.29) is 11.7 Å². The lowest BCUT2D eigenvalue weighted by Gasteiger charge is -2.18. The van der Waals surface area contributed by atoms with Gasteiger partial charge in [-0.1, -0.05) is 30.3 Å². The molecule has 2 saturated carbocycles. The van der Waals surface area contributed by atoms with Gasteiger partial charge in [0.05, 0.1) is 16.8 Å². The number of hydrogen-bond acceptors (Lipinski definition) is 4. The fourth-order valence-corrected chi connectivity index (χ4v) is 5.70. The third-order valence-electron chi connectivity index (χ3n) is 8.19. The van der Waals surface area contributed by atoms with Crippen LogP contribution in [0.4, 0.5) is 4.39 Å². The molecule has 7 rings (SSSR count). The van der Waals surface area contributed by atoms with Crippen molar-refractivity contribution in [2.24, 2.45) is 5.73 Å². The number of furan rings is 1. The third kappa shape index (κ3) is 4.78. The van der Waals surface area contributed by atoms with Crippen molar-refractivity contribution in [2.45, 2.75) is 43.6 Å².